The second kappa shape index (κ2) is 4.03. The largest absolute Gasteiger partial charge is 0.337 e. The Hall–Kier alpha value is -1.14. The average Bonchev–Trinajstić information content (AvgIpc) is 2.65. The first-order valence-corrected chi connectivity index (χ1v) is 5.81. The van der Waals surface area contributed by atoms with Crippen LogP contribution in [0.2, 0.25) is 0 Å². The monoisotopic (exact) mass is 223 g/mol. The highest BCUT2D eigenvalue weighted by Crippen LogP contribution is 2.20. The Balaban J connectivity index is 1.67. The van der Waals surface area contributed by atoms with Crippen molar-refractivity contribution in [2.45, 2.75) is 5.92 Å². The van der Waals surface area contributed by atoms with Gasteiger partial charge in [-0.1, -0.05) is 0 Å². The van der Waals surface area contributed by atoms with E-state index < -0.39 is 0 Å². The summed E-state index contributed by atoms with van der Waals surface area (Å²) in [6.45, 7) is 6.02. The quantitative estimate of drug-likeness (QED) is 0.730. The number of nitrogens with zero attached hydrogens (tertiary/aromatic N) is 4. The molecule has 0 spiro atoms. The molecule has 2 aliphatic rings. The fraction of sp³-hybridized carbons (Fsp3) is 0.800. The van der Waals surface area contributed by atoms with Gasteiger partial charge in [0.25, 0.3) is 5.95 Å². The summed E-state index contributed by atoms with van der Waals surface area (Å²) in [5.41, 5.74) is 0. The van der Waals surface area contributed by atoms with E-state index >= 15 is 0 Å². The molecule has 2 fully saturated rings. The minimum absolute atomic E-state index is 0.425. The maximum atomic E-state index is 5.29. The SMILES string of the molecule is CN1CCN(c2noc(C3CNC3)n2)CC1. The van der Waals surface area contributed by atoms with Gasteiger partial charge in [-0.25, -0.2) is 0 Å². The van der Waals surface area contributed by atoms with Gasteiger partial charge in [0.1, 0.15) is 0 Å². The number of likely N-dealkylation sites (N-methyl/N-ethyl adjacent to an activating group) is 1. The molecule has 1 aromatic heterocycles. The lowest BCUT2D eigenvalue weighted by Crippen LogP contribution is -2.45. The van der Waals surface area contributed by atoms with Crippen LogP contribution in [0.3, 0.4) is 0 Å². The summed E-state index contributed by atoms with van der Waals surface area (Å²) in [4.78, 5) is 8.98. The normalized spacial score (nSPS) is 23.4. The number of piperazine rings is 1. The van der Waals surface area contributed by atoms with E-state index in [1.807, 2.05) is 0 Å². The van der Waals surface area contributed by atoms with Gasteiger partial charge in [0, 0.05) is 39.3 Å². The zero-order chi connectivity index (χ0) is 11.0. The molecule has 0 radical (unpaired) electrons. The van der Waals surface area contributed by atoms with E-state index in [0.29, 0.717) is 5.92 Å². The summed E-state index contributed by atoms with van der Waals surface area (Å²) in [5.74, 6) is 1.97. The van der Waals surface area contributed by atoms with Gasteiger partial charge in [-0.05, 0) is 12.2 Å². The highest BCUT2D eigenvalue weighted by atomic mass is 16.5. The molecule has 1 N–H and O–H groups in total. The Morgan fingerprint density at radius 2 is 2.00 bits per heavy atom. The average molecular weight is 223 g/mol. The number of hydrogen-bond acceptors (Lipinski definition) is 6. The Kier molecular flexibility index (Phi) is 2.53. The van der Waals surface area contributed by atoms with E-state index in [1.54, 1.807) is 0 Å². The molecule has 0 aromatic carbocycles. The number of aromatic nitrogens is 2. The first-order chi connectivity index (χ1) is 7.83. The molecule has 3 heterocycles. The van der Waals surface area contributed by atoms with Crippen LogP contribution in [0.15, 0.2) is 4.52 Å². The summed E-state index contributed by atoms with van der Waals surface area (Å²) in [7, 11) is 2.14. The maximum absolute atomic E-state index is 5.29. The van der Waals surface area contributed by atoms with Crippen molar-refractivity contribution in [2.24, 2.45) is 0 Å². The standard InChI is InChI=1S/C10H17N5O/c1-14-2-4-15(5-3-14)10-12-9(16-13-10)8-6-11-7-8/h8,11H,2-7H2,1H3. The second-order valence-corrected chi connectivity index (χ2v) is 4.58. The van der Waals surface area contributed by atoms with E-state index in [2.05, 4.69) is 32.3 Å². The summed E-state index contributed by atoms with van der Waals surface area (Å²) in [6, 6.07) is 0. The Morgan fingerprint density at radius 1 is 1.25 bits per heavy atom. The molecule has 0 aliphatic carbocycles. The van der Waals surface area contributed by atoms with Gasteiger partial charge in [-0.2, -0.15) is 4.98 Å². The van der Waals surface area contributed by atoms with E-state index in [1.165, 1.54) is 0 Å². The zero-order valence-corrected chi connectivity index (χ0v) is 9.52. The molecule has 0 amide bonds. The number of anilines is 1. The summed E-state index contributed by atoms with van der Waals surface area (Å²) < 4.78 is 5.29. The van der Waals surface area contributed by atoms with Crippen LogP contribution in [0.1, 0.15) is 11.8 Å². The smallest absolute Gasteiger partial charge is 0.266 e. The number of rotatable bonds is 2. The predicted octanol–water partition coefficient (Wildman–Crippen LogP) is -0.492. The molecule has 0 unspecified atom stereocenters. The van der Waals surface area contributed by atoms with Crippen LogP contribution in [0.25, 0.3) is 0 Å². The lowest BCUT2D eigenvalue weighted by Gasteiger charge is -2.31. The first-order valence-electron chi connectivity index (χ1n) is 5.81. The Bertz CT molecular complexity index is 354. The van der Waals surface area contributed by atoms with Crippen molar-refractivity contribution < 1.29 is 4.52 Å². The highest BCUT2D eigenvalue weighted by molar-refractivity contribution is 5.29. The van der Waals surface area contributed by atoms with E-state index in [0.717, 1.165) is 51.1 Å². The summed E-state index contributed by atoms with van der Waals surface area (Å²) in [6.07, 6.45) is 0. The molecule has 3 rings (SSSR count). The second-order valence-electron chi connectivity index (χ2n) is 4.58. The summed E-state index contributed by atoms with van der Waals surface area (Å²) in [5, 5.41) is 7.27. The van der Waals surface area contributed by atoms with Gasteiger partial charge in [-0.3, -0.25) is 0 Å². The third kappa shape index (κ3) is 1.78. The third-order valence-corrected chi connectivity index (χ3v) is 3.35. The third-order valence-electron chi connectivity index (χ3n) is 3.35. The molecule has 0 bridgehead atoms. The van der Waals surface area contributed by atoms with Gasteiger partial charge >= 0.3 is 0 Å². The van der Waals surface area contributed by atoms with Gasteiger partial charge in [0.05, 0.1) is 5.92 Å². The van der Waals surface area contributed by atoms with Crippen LogP contribution >= 0.6 is 0 Å². The zero-order valence-electron chi connectivity index (χ0n) is 9.52. The fourth-order valence-electron chi connectivity index (χ4n) is 1.99. The van der Waals surface area contributed by atoms with Crippen LogP contribution in [0, 0.1) is 0 Å². The van der Waals surface area contributed by atoms with Crippen molar-refractivity contribution in [3.8, 4) is 0 Å². The molecular formula is C10H17N5O. The van der Waals surface area contributed by atoms with Crippen LogP contribution in [0.4, 0.5) is 5.95 Å². The van der Waals surface area contributed by atoms with E-state index in [-0.39, 0.29) is 0 Å². The molecule has 6 nitrogen and oxygen atoms in total. The topological polar surface area (TPSA) is 57.4 Å². The van der Waals surface area contributed by atoms with Crippen molar-refractivity contribution >= 4 is 5.95 Å². The first kappa shape index (κ1) is 10.0. The van der Waals surface area contributed by atoms with Gasteiger partial charge < -0.3 is 19.6 Å². The van der Waals surface area contributed by atoms with Crippen molar-refractivity contribution in [1.82, 2.24) is 20.4 Å². The molecule has 16 heavy (non-hydrogen) atoms. The van der Waals surface area contributed by atoms with Crippen molar-refractivity contribution in [1.29, 1.82) is 0 Å². The van der Waals surface area contributed by atoms with Crippen LogP contribution in [-0.2, 0) is 0 Å². The predicted molar refractivity (Wildman–Crippen MR) is 59.6 cm³/mol. The van der Waals surface area contributed by atoms with Gasteiger partial charge in [0.15, 0.2) is 0 Å². The minimum atomic E-state index is 0.425. The Morgan fingerprint density at radius 3 is 2.62 bits per heavy atom. The molecule has 2 aliphatic heterocycles. The molecule has 0 atom stereocenters. The van der Waals surface area contributed by atoms with Crippen molar-refractivity contribution in [3.63, 3.8) is 0 Å². The van der Waals surface area contributed by atoms with Gasteiger partial charge in [-0.15, -0.1) is 0 Å². The number of nitrogens with one attached hydrogen (secondary N) is 1. The van der Waals surface area contributed by atoms with E-state index in [4.69, 9.17) is 4.52 Å². The lowest BCUT2D eigenvalue weighted by atomic mass is 10.0. The molecule has 6 heteroatoms. The fourth-order valence-corrected chi connectivity index (χ4v) is 1.99. The van der Waals surface area contributed by atoms with Gasteiger partial charge in [0.2, 0.25) is 5.89 Å². The van der Waals surface area contributed by atoms with Crippen LogP contribution < -0.4 is 10.2 Å². The van der Waals surface area contributed by atoms with E-state index in [9.17, 15) is 0 Å². The minimum Gasteiger partial charge on any atom is -0.337 e. The maximum Gasteiger partial charge on any atom is 0.266 e. The van der Waals surface area contributed by atoms with Crippen LogP contribution in [-0.4, -0.2) is 61.4 Å². The molecule has 1 aromatic rings. The number of hydrogen-bond donors (Lipinski definition) is 1. The lowest BCUT2D eigenvalue weighted by molar-refractivity contribution is 0.300. The molecule has 88 valence electrons. The summed E-state index contributed by atoms with van der Waals surface area (Å²) >= 11 is 0. The Labute approximate surface area is 94.6 Å². The van der Waals surface area contributed by atoms with Crippen molar-refractivity contribution in [2.75, 3.05) is 51.2 Å². The highest BCUT2D eigenvalue weighted by Gasteiger charge is 2.26. The molecular weight excluding hydrogens is 206 g/mol. The van der Waals surface area contributed by atoms with Crippen LogP contribution in [0.5, 0.6) is 0 Å². The molecule has 0 saturated carbocycles. The van der Waals surface area contributed by atoms with Crippen molar-refractivity contribution in [3.05, 3.63) is 5.89 Å². The molecule has 2 saturated heterocycles.